The quantitative estimate of drug-likeness (QED) is 0.0458. The summed E-state index contributed by atoms with van der Waals surface area (Å²) < 4.78 is 95.2. The monoisotopic (exact) mass is 764 g/mol. The van der Waals surface area contributed by atoms with E-state index in [1.807, 2.05) is 6.92 Å². The van der Waals surface area contributed by atoms with Crippen LogP contribution in [0.3, 0.4) is 0 Å². The molecule has 5 rings (SSSR count). The molecule has 2 bridgehead atoms. The minimum Gasteiger partial charge on any atom is -0.726 e. The van der Waals surface area contributed by atoms with Gasteiger partial charge in [-0.05, 0) is 79.6 Å². The zero-order valence-electron chi connectivity index (χ0n) is 28.0. The first-order valence-electron chi connectivity index (χ1n) is 16.2. The first kappa shape index (κ1) is 41.6. The first-order valence-corrected chi connectivity index (χ1v) is 18.9. The summed E-state index contributed by atoms with van der Waals surface area (Å²) in [7, 11) is -11.0. The molecule has 0 unspecified atom stereocenters. The number of rotatable bonds is 11. The van der Waals surface area contributed by atoms with Crippen molar-refractivity contribution in [3.63, 3.8) is 0 Å². The number of aliphatic carboxylic acids is 1. The Balaban J connectivity index is 0.00000541. The molecular weight excluding hydrogens is 720 g/mol. The predicted molar refractivity (Wildman–Crippen MR) is 161 cm³/mol. The second-order valence-electron chi connectivity index (χ2n) is 14.8. The summed E-state index contributed by atoms with van der Waals surface area (Å²) in [5.74, 6) is -3.32. The third-order valence-electron chi connectivity index (χ3n) is 11.5. The summed E-state index contributed by atoms with van der Waals surface area (Å²) in [4.78, 5) is 25.6. The van der Waals surface area contributed by atoms with Crippen LogP contribution in [0.15, 0.2) is 12.2 Å². The third kappa shape index (κ3) is 8.51. The van der Waals surface area contributed by atoms with Crippen LogP contribution in [0, 0.1) is 40.4 Å². The Morgan fingerprint density at radius 1 is 1.08 bits per heavy atom. The number of hydrogen-bond donors (Lipinski definition) is 4. The Hall–Kier alpha value is -0.104. The molecule has 0 aromatic carbocycles. The van der Waals surface area contributed by atoms with Crippen LogP contribution in [0.5, 0.6) is 0 Å². The predicted octanol–water partition coefficient (Wildman–Crippen LogP) is -1.67. The number of carboxylic acids is 1. The van der Waals surface area contributed by atoms with E-state index in [4.69, 9.17) is 14.2 Å². The molecule has 1 aliphatic heterocycles. The van der Waals surface area contributed by atoms with Crippen LogP contribution in [-0.4, -0.2) is 103 Å². The van der Waals surface area contributed by atoms with Gasteiger partial charge < -0.3 is 34.1 Å². The molecule has 16 nitrogen and oxygen atoms in total. The van der Waals surface area contributed by atoms with E-state index in [9.17, 15) is 50.8 Å². The van der Waals surface area contributed by atoms with Crippen molar-refractivity contribution in [3.05, 3.63) is 12.2 Å². The maximum absolute atomic E-state index is 12.9. The first-order chi connectivity index (χ1) is 22.2. The molecule has 5 aliphatic rings. The Kier molecular flexibility index (Phi) is 13.0. The number of carbonyl (C=O) groups excluding carboxylic acids is 1. The van der Waals surface area contributed by atoms with E-state index in [0.717, 1.165) is 24.8 Å². The Bertz CT molecular complexity index is 1490. The van der Waals surface area contributed by atoms with E-state index < -0.39 is 99.0 Å². The van der Waals surface area contributed by atoms with Crippen LogP contribution < -0.4 is 51.4 Å². The minimum atomic E-state index is -5.67. The normalized spacial score (nSPS) is 42.1. The van der Waals surface area contributed by atoms with Gasteiger partial charge in [0.15, 0.2) is 12.4 Å². The van der Waals surface area contributed by atoms with Gasteiger partial charge in [0.05, 0.1) is 24.7 Å². The van der Waals surface area contributed by atoms with Gasteiger partial charge in [-0.15, -0.1) is 0 Å². The van der Waals surface area contributed by atoms with Crippen molar-refractivity contribution in [2.45, 2.75) is 115 Å². The zero-order valence-corrected chi connectivity index (χ0v) is 32.8. The van der Waals surface area contributed by atoms with Crippen molar-refractivity contribution in [2.24, 2.45) is 40.4 Å². The van der Waals surface area contributed by atoms with Gasteiger partial charge in [0.2, 0.25) is 10.4 Å². The van der Waals surface area contributed by atoms with Crippen molar-refractivity contribution in [3.8, 4) is 0 Å². The van der Waals surface area contributed by atoms with Gasteiger partial charge >= 0.3 is 73.7 Å². The second kappa shape index (κ2) is 15.3. The molecule has 0 aromatic rings. The van der Waals surface area contributed by atoms with Crippen LogP contribution >= 0.6 is 0 Å². The Labute approximate surface area is 328 Å². The van der Waals surface area contributed by atoms with E-state index in [-0.39, 0.29) is 94.3 Å². The molecule has 1 saturated heterocycles. The standard InChI is InChI=1S/C30H46O16S2.K/c1-14(2)9-22(32)44-25-24(46-48(39,40)41)23(45-47(36,37)38)20(13-31)43-28(25)42-17-10-18(27(34)35)19-7-8-30-11-16(15(3)26(30)33)5-6-21(30)29(19,4)12-17;/h14,16-21,23-26,28,31,33H,3,5-13H2,1-2,4H3,(H,34,35)(H,36,37,38)(H,39,40,41);/q;+1/p-1/t16-,17-,18-,19-,20-,21+,23-,24+,25-,26+,28-,29-,30-;/m1./s1. The molecule has 0 radical (unpaired) electrons. The molecule has 0 amide bonds. The molecule has 13 atom stereocenters. The summed E-state index contributed by atoms with van der Waals surface area (Å²) in [6, 6.07) is 0. The maximum Gasteiger partial charge on any atom is 1.00 e. The minimum absolute atomic E-state index is 0. The maximum atomic E-state index is 12.9. The Morgan fingerprint density at radius 3 is 2.33 bits per heavy atom. The summed E-state index contributed by atoms with van der Waals surface area (Å²) in [5, 5.41) is 31.9. The van der Waals surface area contributed by atoms with Crippen LogP contribution in [0.1, 0.15) is 72.1 Å². The number of fused-ring (bicyclic) bond motifs is 3. The number of hydrogen-bond acceptors (Lipinski definition) is 14. The van der Waals surface area contributed by atoms with Crippen molar-refractivity contribution in [1.29, 1.82) is 0 Å². The van der Waals surface area contributed by atoms with Gasteiger partial charge in [-0.3, -0.25) is 18.3 Å². The van der Waals surface area contributed by atoms with Crippen LogP contribution in [0.2, 0.25) is 0 Å². The fourth-order valence-corrected chi connectivity index (χ4v) is 10.8. The SMILES string of the molecule is C=C1[C@@H]2CC[C@H]3[C@]4(C)C[C@H](O[C@@H]5O[C@H](CO)[C@@H](OS(=O)(=O)O)[C@H](OS(=O)(=O)[O-])[C@H]5OC(=O)CC(C)C)C[C@@H](C(=O)O)[C@H]4CC[C@]3(C2)[C@H]1O.[K+]. The molecule has 1 heterocycles. The summed E-state index contributed by atoms with van der Waals surface area (Å²) in [5.41, 5.74) is -0.341. The second-order valence-corrected chi connectivity index (χ2v) is 16.8. The van der Waals surface area contributed by atoms with Gasteiger partial charge in [-0.2, -0.15) is 8.42 Å². The largest absolute Gasteiger partial charge is 1.00 e. The van der Waals surface area contributed by atoms with Gasteiger partial charge in [0.1, 0.15) is 18.3 Å². The fourth-order valence-electron chi connectivity index (χ4n) is 9.82. The summed E-state index contributed by atoms with van der Waals surface area (Å²) >= 11 is 0. The van der Waals surface area contributed by atoms with Gasteiger partial charge in [0, 0.05) is 11.8 Å². The van der Waals surface area contributed by atoms with Crippen molar-refractivity contribution >= 4 is 32.7 Å². The van der Waals surface area contributed by atoms with Crippen molar-refractivity contribution < 1.29 is 125 Å². The summed E-state index contributed by atoms with van der Waals surface area (Å²) in [6.45, 7) is 8.47. The number of aliphatic hydroxyl groups excluding tert-OH is 2. The van der Waals surface area contributed by atoms with Crippen molar-refractivity contribution in [2.75, 3.05) is 6.61 Å². The molecule has 19 heteroatoms. The van der Waals surface area contributed by atoms with Crippen LogP contribution in [-0.2, 0) is 53.0 Å². The average molecular weight is 765 g/mol. The number of esters is 1. The molecule has 4 N–H and O–H groups in total. The smallest absolute Gasteiger partial charge is 0.726 e. The molecule has 0 aromatic heterocycles. The number of aliphatic hydroxyl groups is 2. The van der Waals surface area contributed by atoms with E-state index in [1.54, 1.807) is 13.8 Å². The van der Waals surface area contributed by atoms with Crippen LogP contribution in [0.25, 0.3) is 0 Å². The van der Waals surface area contributed by atoms with Gasteiger partial charge in [0.25, 0.3) is 0 Å². The molecule has 5 fully saturated rings. The molecule has 4 aliphatic carbocycles. The number of ether oxygens (including phenoxy) is 3. The van der Waals surface area contributed by atoms with E-state index in [2.05, 4.69) is 14.9 Å². The van der Waals surface area contributed by atoms with E-state index in [0.29, 0.717) is 12.8 Å². The fraction of sp³-hybridized carbons (Fsp3) is 0.867. The number of carbonyl (C=O) groups is 2. The van der Waals surface area contributed by atoms with Crippen molar-refractivity contribution in [1.82, 2.24) is 0 Å². The van der Waals surface area contributed by atoms with Crippen LogP contribution in [0.4, 0.5) is 0 Å². The van der Waals surface area contributed by atoms with E-state index >= 15 is 0 Å². The van der Waals surface area contributed by atoms with E-state index in [1.165, 1.54) is 0 Å². The molecule has 1 spiro atoms. The Morgan fingerprint density at radius 2 is 1.76 bits per heavy atom. The molecule has 274 valence electrons. The molecular formula is C30H45KO16S2. The molecule has 4 saturated carbocycles. The number of carboxylic acid groups (broad SMARTS) is 1. The summed E-state index contributed by atoms with van der Waals surface area (Å²) in [6.07, 6.45) is -8.22. The van der Waals surface area contributed by atoms with Gasteiger partial charge in [-0.25, -0.2) is 12.6 Å². The van der Waals surface area contributed by atoms with Gasteiger partial charge in [-0.1, -0.05) is 27.4 Å². The topological polar surface area (TPSA) is 253 Å². The average Bonchev–Trinajstić information content (AvgIpc) is 3.12. The third-order valence-corrected chi connectivity index (χ3v) is 12.4. The molecule has 49 heavy (non-hydrogen) atoms. The zero-order chi connectivity index (χ0) is 35.6.